The fourth-order valence-corrected chi connectivity index (χ4v) is 10.6. The molecule has 0 saturated carbocycles. The van der Waals surface area contributed by atoms with Crippen LogP contribution in [0, 0.1) is 0 Å². The van der Waals surface area contributed by atoms with Crippen LogP contribution >= 0.6 is 0 Å². The van der Waals surface area contributed by atoms with Crippen LogP contribution in [-0.2, 0) is 77.4 Å². The van der Waals surface area contributed by atoms with E-state index < -0.39 is 77.8 Å². The average Bonchev–Trinajstić information content (AvgIpc) is 3.37. The van der Waals surface area contributed by atoms with Crippen LogP contribution in [0.4, 0.5) is 4.79 Å². The molecule has 0 aliphatic carbocycles. The lowest BCUT2D eigenvalue weighted by Gasteiger charge is -2.21. The minimum Gasteiger partial charge on any atom is -0.481 e. The molecule has 0 bridgehead atoms. The van der Waals surface area contributed by atoms with Crippen molar-refractivity contribution >= 4 is 73.4 Å². The maximum absolute atomic E-state index is 11.9. The van der Waals surface area contributed by atoms with E-state index in [-0.39, 0.29) is 68.7 Å². The van der Waals surface area contributed by atoms with Gasteiger partial charge in [0.25, 0.3) is 0 Å². The number of alkyl carbamates (subject to hydrolysis) is 1. The van der Waals surface area contributed by atoms with E-state index in [1.165, 1.54) is 44.7 Å². The van der Waals surface area contributed by atoms with Crippen molar-refractivity contribution in [2.24, 2.45) is 0 Å². The van der Waals surface area contributed by atoms with Crippen LogP contribution in [0.1, 0.15) is 137 Å². The Bertz CT molecular complexity index is 2550. The normalized spacial score (nSPS) is 11.7. The number of benzene rings is 2. The van der Waals surface area contributed by atoms with Crippen molar-refractivity contribution in [1.29, 1.82) is 0 Å². The summed E-state index contributed by atoms with van der Waals surface area (Å²) >= 11 is 0. The third-order valence-electron chi connectivity index (χ3n) is 11.3. The summed E-state index contributed by atoms with van der Waals surface area (Å²) in [5.74, 6) is -9.14. The van der Waals surface area contributed by atoms with E-state index in [0.717, 1.165) is 48.8 Å². The monoisotopic (exact) mass is 1170 g/mol. The molecule has 2 aromatic carbocycles. The number of carboxylic acid groups (broad SMARTS) is 6. The van der Waals surface area contributed by atoms with Gasteiger partial charge in [0.2, 0.25) is 11.8 Å². The molecule has 0 spiro atoms. The molecule has 0 aliphatic rings. The van der Waals surface area contributed by atoms with Crippen LogP contribution < -0.4 is 16.0 Å². The van der Waals surface area contributed by atoms with Gasteiger partial charge in [-0.05, 0) is 67.3 Å². The first-order valence-corrected chi connectivity index (χ1v) is 29.3. The fraction of sp³-hybridized carbons (Fsp3) is 0.509. The summed E-state index contributed by atoms with van der Waals surface area (Å²) in [7, 11) is -9.74. The maximum Gasteiger partial charge on any atom is 0.407 e. The smallest absolute Gasteiger partial charge is 0.407 e. The summed E-state index contributed by atoms with van der Waals surface area (Å²) in [5, 5.41) is 69.5. The van der Waals surface area contributed by atoms with E-state index in [0.29, 0.717) is 25.9 Å². The summed E-state index contributed by atoms with van der Waals surface area (Å²) in [5.41, 5.74) is 2.72. The molecule has 1 heterocycles. The third kappa shape index (κ3) is 31.2. The zero-order chi connectivity index (χ0) is 60.7. The number of unbranched alkanes of at least 4 members (excludes halogenated alkanes) is 9. The minimum atomic E-state index is -4.87. The number of rotatable bonds is 34. The predicted octanol–water partition coefficient (Wildman–Crippen LogP) is 4.88. The van der Waals surface area contributed by atoms with Gasteiger partial charge in [0, 0.05) is 57.5 Å². The Morgan fingerprint density at radius 2 is 0.975 bits per heavy atom. The lowest BCUT2D eigenvalue weighted by molar-refractivity contribution is -0.149. The molecule has 0 fully saturated rings. The number of aromatic carboxylic acids is 1. The first-order chi connectivity index (χ1) is 37.6. The molecular weight excluding hydrogens is 1090 g/mol. The molecule has 10 N–H and O–H groups in total. The number of ether oxygens (including phenoxy) is 1. The minimum absolute atomic E-state index is 0.0418. The highest BCUT2D eigenvalue weighted by atomic mass is 32.3. The number of carbonyl (C=O) groups excluding carboxylic acids is 3. The molecule has 80 heavy (non-hydrogen) atoms. The lowest BCUT2D eigenvalue weighted by Crippen LogP contribution is -2.58. The van der Waals surface area contributed by atoms with Gasteiger partial charge in [0.1, 0.15) is 12.3 Å². The Hall–Kier alpha value is -7.52. The summed E-state index contributed by atoms with van der Waals surface area (Å²) in [6.07, 6.45) is 13.3. The number of aliphatic hydroxyl groups is 1. The number of carbonyl (C=O) groups is 9. The average molecular weight is 1170 g/mol. The van der Waals surface area contributed by atoms with E-state index in [1.807, 2.05) is 37.3 Å². The van der Waals surface area contributed by atoms with Gasteiger partial charge in [-0.25, -0.2) is 45.8 Å². The number of nitrogens with one attached hydrogen (secondary N) is 3. The standard InChI is InChI=1S/C22H40N2O6.C18H19NO5.C8H9NO2.C5H8O8S2/c25-19(13-11-15-21(27)28)23-17-9-7-5-3-1-2-4-6-8-10-18-24-20(26)14-12-16-22(29)30;20-16(17(21)22)15(11-13-7-3-1-4-8-13)19-18(23)24-12-14-9-5-2-6-10-14;1-2-6-3-4-9-7(5-6)8(10)11;1-14(10,11)5(3(6)7,4(8)9)15(2,12)13/h1-18H2,(H,23,25)(H,24,26)(H,27,28)(H,29,30);1-10,15-16,20H,11-12H2,(H,19,23)(H,21,22);3-5H,2H2,1H3,(H,10,11);1-2H3,(H,6,7)(H,8,9)/t;15-,16-;;/m.1../s1. The molecule has 25 nitrogen and oxygen atoms in total. The zero-order valence-corrected chi connectivity index (χ0v) is 46.8. The number of aliphatic hydroxyl groups excluding tert-OH is 1. The van der Waals surface area contributed by atoms with Crippen molar-refractivity contribution in [3.05, 3.63) is 101 Å². The van der Waals surface area contributed by atoms with Crippen LogP contribution in [0.25, 0.3) is 0 Å². The van der Waals surface area contributed by atoms with Gasteiger partial charge in [-0.15, -0.1) is 0 Å². The number of hydrogen-bond donors (Lipinski definition) is 10. The van der Waals surface area contributed by atoms with Crippen LogP contribution in [0.2, 0.25) is 0 Å². The van der Waals surface area contributed by atoms with Crippen molar-refractivity contribution in [3.8, 4) is 0 Å². The van der Waals surface area contributed by atoms with Crippen LogP contribution in [0.3, 0.4) is 0 Å². The molecule has 3 rings (SSSR count). The van der Waals surface area contributed by atoms with Crippen LogP contribution in [0.15, 0.2) is 79.0 Å². The number of aryl methyl sites for hydroxylation is 1. The van der Waals surface area contributed by atoms with Crippen molar-refractivity contribution in [2.75, 3.05) is 25.6 Å². The molecule has 0 saturated heterocycles. The second-order valence-corrected chi connectivity index (χ2v) is 22.6. The Morgan fingerprint density at radius 3 is 1.32 bits per heavy atom. The van der Waals surface area contributed by atoms with E-state index >= 15 is 0 Å². The molecule has 446 valence electrons. The van der Waals surface area contributed by atoms with Gasteiger partial charge >= 0.3 is 46.0 Å². The summed E-state index contributed by atoms with van der Waals surface area (Å²) in [6, 6.07) is 20.5. The number of hydrogen-bond acceptors (Lipinski definition) is 16. The second kappa shape index (κ2) is 39.8. The molecule has 0 aliphatic heterocycles. The van der Waals surface area contributed by atoms with E-state index in [1.54, 1.807) is 42.5 Å². The quantitative estimate of drug-likeness (QED) is 0.0281. The fourth-order valence-electron chi connectivity index (χ4n) is 7.11. The molecule has 0 unspecified atom stereocenters. The highest BCUT2D eigenvalue weighted by molar-refractivity contribution is 8.12. The third-order valence-corrected chi connectivity index (χ3v) is 15.9. The predicted molar refractivity (Wildman–Crippen MR) is 291 cm³/mol. The maximum atomic E-state index is 11.9. The highest BCUT2D eigenvalue weighted by Gasteiger charge is 2.65. The van der Waals surface area contributed by atoms with Gasteiger partial charge in [-0.3, -0.25) is 19.2 Å². The molecule has 2 atom stereocenters. The van der Waals surface area contributed by atoms with Crippen LogP contribution in [0.5, 0.6) is 0 Å². The number of nitrogens with zero attached hydrogens (tertiary/aromatic N) is 1. The van der Waals surface area contributed by atoms with Crippen molar-refractivity contribution in [3.63, 3.8) is 0 Å². The molecule has 3 amide bonds. The number of aliphatic carboxylic acids is 5. The van der Waals surface area contributed by atoms with E-state index in [9.17, 15) is 65.1 Å². The summed E-state index contributed by atoms with van der Waals surface area (Å²) in [6.45, 7) is 3.37. The first-order valence-electron chi connectivity index (χ1n) is 25.5. The van der Waals surface area contributed by atoms with E-state index in [4.69, 9.17) is 35.4 Å². The number of pyridine rings is 1. The van der Waals surface area contributed by atoms with Gasteiger partial charge in [-0.1, -0.05) is 119 Å². The first kappa shape index (κ1) is 72.5. The summed E-state index contributed by atoms with van der Waals surface area (Å²) in [4.78, 5) is 102. The van der Waals surface area contributed by atoms with Gasteiger partial charge in [0.05, 0.1) is 6.04 Å². The SMILES string of the molecule is CCc1ccnc(C(=O)O)c1.CS(=O)(=O)C(C(=O)O)(C(=O)O)S(C)(=O)=O.O=C(N[C@H](Cc1ccccc1)[C@@H](O)C(=O)O)OCc1ccccc1.O=C(O)CCCC(=O)NCCCCCCCCCCCCNC(=O)CCCC(=O)O. The lowest BCUT2D eigenvalue weighted by atomic mass is 10.0. The molecule has 27 heteroatoms. The van der Waals surface area contributed by atoms with Gasteiger partial charge < -0.3 is 56.4 Å². The largest absolute Gasteiger partial charge is 0.481 e. The Labute approximate surface area is 465 Å². The zero-order valence-electron chi connectivity index (χ0n) is 45.1. The highest BCUT2D eigenvalue weighted by Crippen LogP contribution is 2.25. The van der Waals surface area contributed by atoms with Gasteiger partial charge in [-0.2, -0.15) is 0 Å². The van der Waals surface area contributed by atoms with Crippen molar-refractivity contribution in [1.82, 2.24) is 20.9 Å². The van der Waals surface area contributed by atoms with Gasteiger partial charge in [0.15, 0.2) is 25.8 Å². The molecule has 0 radical (unpaired) electrons. The molecular formula is C53H76N4O21S2. The van der Waals surface area contributed by atoms with E-state index in [2.05, 4.69) is 20.9 Å². The summed E-state index contributed by atoms with van der Waals surface area (Å²) < 4.78 is 45.4. The number of aromatic nitrogens is 1. The number of sulfone groups is 2. The van der Waals surface area contributed by atoms with Crippen LogP contribution in [-0.4, -0.2) is 153 Å². The van der Waals surface area contributed by atoms with Crippen molar-refractivity contribution in [2.45, 2.75) is 145 Å². The Balaban J connectivity index is 0.00000111. The Kier molecular flexibility index (Phi) is 36.0. The second-order valence-electron chi connectivity index (χ2n) is 18.0. The number of amides is 3. The molecule has 3 aromatic rings. The Morgan fingerprint density at radius 1 is 0.562 bits per heavy atom. The van der Waals surface area contributed by atoms with Crippen molar-refractivity contribution < 1.29 is 100 Å². The number of carboxylic acids is 6. The molecule has 1 aromatic heterocycles. The topological polar surface area (TPSA) is 422 Å².